The summed E-state index contributed by atoms with van der Waals surface area (Å²) in [6.45, 7) is 0.791. The van der Waals surface area contributed by atoms with Crippen LogP contribution in [0.1, 0.15) is 49.2 Å². The predicted octanol–water partition coefficient (Wildman–Crippen LogP) is 4.20. The van der Waals surface area contributed by atoms with E-state index in [9.17, 15) is 22.8 Å². The molecule has 1 saturated heterocycles. The Balaban J connectivity index is 1.80. The molecule has 1 heterocycles. The fourth-order valence-corrected chi connectivity index (χ4v) is 3.59. The molecule has 3 N–H and O–H groups in total. The van der Waals surface area contributed by atoms with E-state index in [4.69, 9.17) is 11.6 Å². The number of carbonyl (C=O) groups is 2. The van der Waals surface area contributed by atoms with Crippen LogP contribution in [-0.4, -0.2) is 18.4 Å². The molecule has 0 aliphatic carbocycles. The van der Waals surface area contributed by atoms with E-state index >= 15 is 0 Å². The highest BCUT2D eigenvalue weighted by molar-refractivity contribution is 6.31. The molecule has 32 heavy (non-hydrogen) atoms. The third kappa shape index (κ3) is 5.92. The van der Waals surface area contributed by atoms with Gasteiger partial charge in [-0.05, 0) is 23.8 Å². The number of hydrogen-bond donors (Lipinski definition) is 3. The fraction of sp³-hybridized carbons (Fsp3) is 0.364. The van der Waals surface area contributed by atoms with Gasteiger partial charge in [-0.25, -0.2) is 4.39 Å². The van der Waals surface area contributed by atoms with Crippen molar-refractivity contribution in [2.24, 2.45) is 5.92 Å². The number of alkyl halides is 2. The molecule has 10 heteroatoms. The largest absolute Gasteiger partial charge is 0.435 e. The number of halogens is 4. The van der Waals surface area contributed by atoms with Gasteiger partial charge in [-0.2, -0.15) is 8.78 Å². The van der Waals surface area contributed by atoms with E-state index in [0.29, 0.717) is 10.6 Å². The Morgan fingerprint density at radius 1 is 1.22 bits per heavy atom. The first-order chi connectivity index (χ1) is 15.1. The number of ether oxygens (including phenoxy) is 1. The number of rotatable bonds is 7. The van der Waals surface area contributed by atoms with E-state index in [0.717, 1.165) is 11.6 Å². The van der Waals surface area contributed by atoms with Crippen molar-refractivity contribution in [3.8, 4) is 5.75 Å². The second-order valence-corrected chi connectivity index (χ2v) is 8.12. The van der Waals surface area contributed by atoms with Gasteiger partial charge in [-0.3, -0.25) is 14.9 Å². The first-order valence-corrected chi connectivity index (χ1v) is 10.4. The molecule has 1 fully saturated rings. The molecule has 1 aliphatic heterocycles. The van der Waals surface area contributed by atoms with Gasteiger partial charge in [0.25, 0.3) is 0 Å². The van der Waals surface area contributed by atoms with Gasteiger partial charge in [0.1, 0.15) is 17.7 Å². The molecule has 2 atom stereocenters. The minimum atomic E-state index is -3.07. The molecule has 6 nitrogen and oxygen atoms in total. The van der Waals surface area contributed by atoms with Crippen molar-refractivity contribution in [2.75, 3.05) is 0 Å². The molecule has 2 aromatic carbocycles. The van der Waals surface area contributed by atoms with Gasteiger partial charge < -0.3 is 15.4 Å². The summed E-state index contributed by atoms with van der Waals surface area (Å²) in [5, 5.41) is 9.10. The second kappa shape index (κ2) is 10.2. The van der Waals surface area contributed by atoms with Crippen molar-refractivity contribution in [1.29, 1.82) is 0 Å². The standard InChI is InChI=1S/C22H23ClF3N3O3/c1-11(2)21(31)27-10-12-3-6-16(23)15(7-12)20-28-18(9-19(30)29-20)14-5-4-13(8-17(14)24)32-22(25)26/h3-8,11,18,20,22,28H,9-10H2,1-2H3,(H,27,31)(H,29,30). The van der Waals surface area contributed by atoms with Crippen LogP contribution in [0.3, 0.4) is 0 Å². The maximum absolute atomic E-state index is 14.6. The Kier molecular flexibility index (Phi) is 7.63. The monoisotopic (exact) mass is 469 g/mol. The first kappa shape index (κ1) is 23.9. The lowest BCUT2D eigenvalue weighted by Gasteiger charge is -2.33. The minimum Gasteiger partial charge on any atom is -0.435 e. The molecular weight excluding hydrogens is 447 g/mol. The van der Waals surface area contributed by atoms with E-state index in [-0.39, 0.29) is 42.0 Å². The van der Waals surface area contributed by atoms with Crippen molar-refractivity contribution < 1.29 is 27.5 Å². The van der Waals surface area contributed by atoms with E-state index < -0.39 is 24.6 Å². The lowest BCUT2D eigenvalue weighted by atomic mass is 9.97. The summed E-state index contributed by atoms with van der Waals surface area (Å²) >= 11 is 6.34. The predicted molar refractivity (Wildman–Crippen MR) is 113 cm³/mol. The third-order valence-electron chi connectivity index (χ3n) is 5.00. The molecule has 172 valence electrons. The van der Waals surface area contributed by atoms with Crippen molar-refractivity contribution in [1.82, 2.24) is 16.0 Å². The molecule has 0 radical (unpaired) electrons. The summed E-state index contributed by atoms with van der Waals surface area (Å²) < 4.78 is 43.5. The number of hydrogen-bond acceptors (Lipinski definition) is 4. The van der Waals surface area contributed by atoms with Crippen LogP contribution in [0.2, 0.25) is 5.02 Å². The smallest absolute Gasteiger partial charge is 0.387 e. The molecule has 1 aliphatic rings. The summed E-state index contributed by atoms with van der Waals surface area (Å²) in [5.41, 5.74) is 1.47. The molecule has 2 aromatic rings. The van der Waals surface area contributed by atoms with Gasteiger partial charge in [-0.1, -0.05) is 37.6 Å². The van der Waals surface area contributed by atoms with Crippen LogP contribution >= 0.6 is 11.6 Å². The Morgan fingerprint density at radius 3 is 2.62 bits per heavy atom. The molecule has 0 bridgehead atoms. The summed E-state index contributed by atoms with van der Waals surface area (Å²) in [5.74, 6) is -1.67. The molecule has 2 amide bonds. The van der Waals surface area contributed by atoms with Crippen LogP contribution in [0.15, 0.2) is 36.4 Å². The molecule has 0 saturated carbocycles. The zero-order chi connectivity index (χ0) is 23.4. The number of benzene rings is 2. The fourth-order valence-electron chi connectivity index (χ4n) is 3.36. The topological polar surface area (TPSA) is 79.5 Å². The summed E-state index contributed by atoms with van der Waals surface area (Å²) in [4.78, 5) is 24.2. The highest BCUT2D eigenvalue weighted by Gasteiger charge is 2.30. The van der Waals surface area contributed by atoms with Crippen molar-refractivity contribution in [2.45, 2.75) is 45.6 Å². The van der Waals surface area contributed by atoms with Gasteiger partial charge >= 0.3 is 6.61 Å². The first-order valence-electron chi connectivity index (χ1n) is 9.99. The van der Waals surface area contributed by atoms with Crippen molar-refractivity contribution in [3.05, 3.63) is 63.9 Å². The van der Waals surface area contributed by atoms with Crippen molar-refractivity contribution in [3.63, 3.8) is 0 Å². The number of amides is 2. The van der Waals surface area contributed by atoms with Gasteiger partial charge in [0.15, 0.2) is 0 Å². The van der Waals surface area contributed by atoms with E-state index in [1.807, 2.05) is 0 Å². The van der Waals surface area contributed by atoms with Crippen LogP contribution in [0.4, 0.5) is 13.2 Å². The average Bonchev–Trinajstić information content (AvgIpc) is 2.72. The van der Waals surface area contributed by atoms with Crippen LogP contribution < -0.4 is 20.7 Å². The molecular formula is C22H23ClF3N3O3. The summed E-state index contributed by atoms with van der Waals surface area (Å²) in [6, 6.07) is 7.83. The Hall–Kier alpha value is -2.78. The van der Waals surface area contributed by atoms with E-state index in [1.54, 1.807) is 32.0 Å². The van der Waals surface area contributed by atoms with Gasteiger partial charge in [0.05, 0.1) is 0 Å². The van der Waals surface area contributed by atoms with Crippen LogP contribution in [0.25, 0.3) is 0 Å². The van der Waals surface area contributed by atoms with Crippen LogP contribution in [-0.2, 0) is 16.1 Å². The molecule has 0 spiro atoms. The van der Waals surface area contributed by atoms with Gasteiger partial charge in [0.2, 0.25) is 11.8 Å². The summed E-state index contributed by atoms with van der Waals surface area (Å²) in [6.07, 6.45) is -0.768. The Morgan fingerprint density at radius 2 is 1.97 bits per heavy atom. The van der Waals surface area contributed by atoms with E-state index in [2.05, 4.69) is 20.7 Å². The molecule has 3 rings (SSSR count). The van der Waals surface area contributed by atoms with Gasteiger partial charge in [-0.15, -0.1) is 0 Å². The van der Waals surface area contributed by atoms with Crippen molar-refractivity contribution >= 4 is 23.4 Å². The summed E-state index contributed by atoms with van der Waals surface area (Å²) in [7, 11) is 0. The maximum Gasteiger partial charge on any atom is 0.387 e. The average molecular weight is 470 g/mol. The number of nitrogens with one attached hydrogen (secondary N) is 3. The van der Waals surface area contributed by atoms with E-state index in [1.165, 1.54) is 12.1 Å². The highest BCUT2D eigenvalue weighted by atomic mass is 35.5. The third-order valence-corrected chi connectivity index (χ3v) is 5.34. The Bertz CT molecular complexity index is 1000. The Labute approximate surface area is 188 Å². The quantitative estimate of drug-likeness (QED) is 0.568. The SMILES string of the molecule is CC(C)C(=O)NCc1ccc(Cl)c(C2NC(=O)CC(c3ccc(OC(F)F)cc3F)N2)c1. The maximum atomic E-state index is 14.6. The second-order valence-electron chi connectivity index (χ2n) is 7.71. The van der Waals surface area contributed by atoms with Crippen LogP contribution in [0, 0.1) is 11.7 Å². The molecule has 2 unspecified atom stereocenters. The zero-order valence-corrected chi connectivity index (χ0v) is 18.2. The minimum absolute atomic E-state index is 0.0514. The van der Waals surface area contributed by atoms with Crippen LogP contribution in [0.5, 0.6) is 5.75 Å². The highest BCUT2D eigenvalue weighted by Crippen LogP contribution is 2.32. The lowest BCUT2D eigenvalue weighted by molar-refractivity contribution is -0.125. The lowest BCUT2D eigenvalue weighted by Crippen LogP contribution is -2.47. The zero-order valence-electron chi connectivity index (χ0n) is 17.4. The van der Waals surface area contributed by atoms with Gasteiger partial charge in [0, 0.05) is 47.1 Å². The number of carbonyl (C=O) groups excluding carboxylic acids is 2. The normalized spacial score (nSPS) is 18.6. The molecule has 0 aromatic heterocycles.